The van der Waals surface area contributed by atoms with Gasteiger partial charge in [-0.15, -0.1) is 0 Å². The highest BCUT2D eigenvalue weighted by molar-refractivity contribution is 6.03. The fourth-order valence-electron chi connectivity index (χ4n) is 2.43. The molecule has 0 unspecified atom stereocenters. The molecule has 0 aliphatic heterocycles. The highest BCUT2D eigenvalue weighted by Crippen LogP contribution is 2.17. The third-order valence-corrected chi connectivity index (χ3v) is 3.88. The van der Waals surface area contributed by atoms with Gasteiger partial charge in [-0.1, -0.05) is 17.7 Å². The van der Waals surface area contributed by atoms with Crippen LogP contribution in [0.4, 0.5) is 17.2 Å². The summed E-state index contributed by atoms with van der Waals surface area (Å²) in [7, 11) is 0. The molecule has 0 bridgehead atoms. The minimum absolute atomic E-state index is 0.237. The zero-order valence-corrected chi connectivity index (χ0v) is 15.6. The smallest absolute Gasteiger partial charge is 0.338 e. The Labute approximate surface area is 162 Å². The molecule has 3 aromatic rings. The van der Waals surface area contributed by atoms with Crippen molar-refractivity contribution in [3.05, 3.63) is 77.7 Å². The number of nitrogens with zero attached hydrogens (tertiary/aromatic N) is 2. The van der Waals surface area contributed by atoms with Crippen LogP contribution in [0, 0.1) is 6.92 Å². The average Bonchev–Trinajstić information content (AvgIpc) is 2.70. The summed E-state index contributed by atoms with van der Waals surface area (Å²) in [5.41, 5.74) is 3.23. The van der Waals surface area contributed by atoms with E-state index in [4.69, 9.17) is 4.74 Å². The van der Waals surface area contributed by atoms with Gasteiger partial charge < -0.3 is 15.4 Å². The molecule has 142 valence electrons. The van der Waals surface area contributed by atoms with Crippen LogP contribution in [-0.4, -0.2) is 28.5 Å². The molecule has 3 rings (SSSR count). The second-order valence-corrected chi connectivity index (χ2v) is 6.03. The second-order valence-electron chi connectivity index (χ2n) is 6.03. The quantitative estimate of drug-likeness (QED) is 0.633. The SMILES string of the molecule is CCOC(=O)c1ccc(Nc2cc(C(=O)Nc3ccc(C)cc3)ncn2)cc1. The minimum atomic E-state index is -0.369. The van der Waals surface area contributed by atoms with Crippen LogP contribution in [0.25, 0.3) is 0 Å². The van der Waals surface area contributed by atoms with Crippen molar-refractivity contribution in [1.82, 2.24) is 9.97 Å². The maximum atomic E-state index is 12.4. The molecule has 28 heavy (non-hydrogen) atoms. The number of amides is 1. The van der Waals surface area contributed by atoms with Gasteiger partial charge in [0.1, 0.15) is 17.8 Å². The average molecular weight is 376 g/mol. The van der Waals surface area contributed by atoms with Crippen LogP contribution < -0.4 is 10.6 Å². The summed E-state index contributed by atoms with van der Waals surface area (Å²) in [5.74, 6) is -0.231. The normalized spacial score (nSPS) is 10.2. The maximum Gasteiger partial charge on any atom is 0.338 e. The van der Waals surface area contributed by atoms with Gasteiger partial charge in [-0.3, -0.25) is 4.79 Å². The van der Waals surface area contributed by atoms with Gasteiger partial charge >= 0.3 is 5.97 Å². The number of benzene rings is 2. The Morgan fingerprint density at radius 2 is 1.64 bits per heavy atom. The van der Waals surface area contributed by atoms with Crippen LogP contribution in [0.2, 0.25) is 0 Å². The minimum Gasteiger partial charge on any atom is -0.462 e. The number of carbonyl (C=O) groups excluding carboxylic acids is 2. The summed E-state index contributed by atoms with van der Waals surface area (Å²) in [5, 5.41) is 5.89. The van der Waals surface area contributed by atoms with Gasteiger partial charge in [0.05, 0.1) is 12.2 Å². The lowest BCUT2D eigenvalue weighted by atomic mass is 10.2. The molecular weight excluding hydrogens is 356 g/mol. The van der Waals surface area contributed by atoms with E-state index >= 15 is 0 Å². The molecule has 2 aromatic carbocycles. The molecule has 1 aromatic heterocycles. The summed E-state index contributed by atoms with van der Waals surface area (Å²) >= 11 is 0. The largest absolute Gasteiger partial charge is 0.462 e. The first-order valence-corrected chi connectivity index (χ1v) is 8.79. The summed E-state index contributed by atoms with van der Waals surface area (Å²) in [6.45, 7) is 4.07. The van der Waals surface area contributed by atoms with E-state index < -0.39 is 0 Å². The van der Waals surface area contributed by atoms with Crippen LogP contribution >= 0.6 is 0 Å². The van der Waals surface area contributed by atoms with Crippen molar-refractivity contribution in [3.8, 4) is 0 Å². The molecule has 0 atom stereocenters. The molecule has 0 aliphatic rings. The predicted octanol–water partition coefficient (Wildman–Crippen LogP) is 3.96. The third kappa shape index (κ3) is 4.91. The number of nitrogens with one attached hydrogen (secondary N) is 2. The highest BCUT2D eigenvalue weighted by Gasteiger charge is 2.10. The predicted molar refractivity (Wildman–Crippen MR) is 107 cm³/mol. The molecule has 0 radical (unpaired) electrons. The van der Waals surface area contributed by atoms with Gasteiger partial charge in [0.2, 0.25) is 0 Å². The van der Waals surface area contributed by atoms with E-state index in [9.17, 15) is 9.59 Å². The molecule has 0 saturated carbocycles. The topological polar surface area (TPSA) is 93.2 Å². The molecule has 7 heteroatoms. The number of aromatic nitrogens is 2. The summed E-state index contributed by atoms with van der Waals surface area (Å²) in [6, 6.07) is 15.9. The molecule has 0 fully saturated rings. The van der Waals surface area contributed by atoms with E-state index in [-0.39, 0.29) is 17.6 Å². The zero-order chi connectivity index (χ0) is 19.9. The lowest BCUT2D eigenvalue weighted by molar-refractivity contribution is 0.0526. The number of ether oxygens (including phenoxy) is 1. The van der Waals surface area contributed by atoms with Crippen LogP contribution in [0.15, 0.2) is 60.9 Å². The summed E-state index contributed by atoms with van der Waals surface area (Å²) < 4.78 is 4.96. The molecule has 1 amide bonds. The summed E-state index contributed by atoms with van der Waals surface area (Å²) in [4.78, 5) is 32.3. The molecule has 2 N–H and O–H groups in total. The molecular formula is C21H20N4O3. The number of aryl methyl sites for hydroxylation is 1. The van der Waals surface area contributed by atoms with Crippen LogP contribution in [0.5, 0.6) is 0 Å². The van der Waals surface area contributed by atoms with Gasteiger partial charge in [-0.25, -0.2) is 14.8 Å². The standard InChI is InChI=1S/C21H20N4O3/c1-3-28-21(27)15-6-10-16(11-7-15)24-19-12-18(22-13-23-19)20(26)25-17-8-4-14(2)5-9-17/h4-13H,3H2,1-2H3,(H,25,26)(H,22,23,24). The maximum absolute atomic E-state index is 12.4. The van der Waals surface area contributed by atoms with Gasteiger partial charge in [-0.05, 0) is 50.2 Å². The number of anilines is 3. The zero-order valence-electron chi connectivity index (χ0n) is 15.6. The Kier molecular flexibility index (Phi) is 5.96. The van der Waals surface area contributed by atoms with Gasteiger partial charge in [0, 0.05) is 17.4 Å². The van der Waals surface area contributed by atoms with E-state index in [1.165, 1.54) is 6.33 Å². The second kappa shape index (κ2) is 8.77. The lowest BCUT2D eigenvalue weighted by Gasteiger charge is -2.08. The van der Waals surface area contributed by atoms with Crippen molar-refractivity contribution < 1.29 is 14.3 Å². The fourth-order valence-corrected chi connectivity index (χ4v) is 2.43. The van der Waals surface area contributed by atoms with Crippen molar-refractivity contribution in [2.75, 3.05) is 17.2 Å². The highest BCUT2D eigenvalue weighted by atomic mass is 16.5. The molecule has 1 heterocycles. The van der Waals surface area contributed by atoms with Crippen molar-refractivity contribution >= 4 is 29.1 Å². The van der Waals surface area contributed by atoms with Crippen molar-refractivity contribution in [1.29, 1.82) is 0 Å². The fraction of sp³-hybridized carbons (Fsp3) is 0.143. The van der Waals surface area contributed by atoms with Gasteiger partial charge in [-0.2, -0.15) is 0 Å². The molecule has 7 nitrogen and oxygen atoms in total. The van der Waals surface area contributed by atoms with E-state index in [0.29, 0.717) is 23.7 Å². The van der Waals surface area contributed by atoms with Crippen molar-refractivity contribution in [2.24, 2.45) is 0 Å². The lowest BCUT2D eigenvalue weighted by Crippen LogP contribution is -2.14. The van der Waals surface area contributed by atoms with Gasteiger partial charge in [0.15, 0.2) is 0 Å². The first-order valence-electron chi connectivity index (χ1n) is 8.79. The first kappa shape index (κ1) is 19.0. The van der Waals surface area contributed by atoms with Gasteiger partial charge in [0.25, 0.3) is 5.91 Å². The number of esters is 1. The Bertz CT molecular complexity index is 970. The molecule has 0 saturated heterocycles. The Balaban J connectivity index is 1.68. The third-order valence-electron chi connectivity index (χ3n) is 3.88. The number of hydrogen-bond donors (Lipinski definition) is 2. The molecule has 0 aliphatic carbocycles. The van der Waals surface area contributed by atoms with Crippen molar-refractivity contribution in [3.63, 3.8) is 0 Å². The summed E-state index contributed by atoms with van der Waals surface area (Å²) in [6.07, 6.45) is 1.32. The number of hydrogen-bond acceptors (Lipinski definition) is 6. The number of carbonyl (C=O) groups is 2. The van der Waals surface area contributed by atoms with E-state index in [2.05, 4.69) is 20.6 Å². The van der Waals surface area contributed by atoms with E-state index in [0.717, 1.165) is 11.3 Å². The van der Waals surface area contributed by atoms with Crippen LogP contribution in [0.1, 0.15) is 33.3 Å². The van der Waals surface area contributed by atoms with Crippen molar-refractivity contribution in [2.45, 2.75) is 13.8 Å². The van der Waals surface area contributed by atoms with E-state index in [1.807, 2.05) is 31.2 Å². The monoisotopic (exact) mass is 376 g/mol. The number of rotatable bonds is 6. The van der Waals surface area contributed by atoms with E-state index in [1.54, 1.807) is 37.3 Å². The Morgan fingerprint density at radius 3 is 2.32 bits per heavy atom. The Morgan fingerprint density at radius 1 is 0.964 bits per heavy atom. The molecule has 0 spiro atoms. The first-order chi connectivity index (χ1) is 13.5. The van der Waals surface area contributed by atoms with Crippen LogP contribution in [-0.2, 0) is 4.74 Å². The Hall–Kier alpha value is -3.74. The van der Waals surface area contributed by atoms with Crippen LogP contribution in [0.3, 0.4) is 0 Å².